The highest BCUT2D eigenvalue weighted by Gasteiger charge is 2.30. The van der Waals surface area contributed by atoms with Gasteiger partial charge in [-0.3, -0.25) is 4.68 Å². The highest BCUT2D eigenvalue weighted by molar-refractivity contribution is 5.10. The summed E-state index contributed by atoms with van der Waals surface area (Å²) < 4.78 is 3.95. The number of aromatic nitrogens is 6. The molecule has 0 aliphatic rings. The van der Waals surface area contributed by atoms with E-state index in [2.05, 4.69) is 102 Å². The van der Waals surface area contributed by atoms with Gasteiger partial charge >= 0.3 is 0 Å². The van der Waals surface area contributed by atoms with E-state index < -0.39 is 0 Å². The summed E-state index contributed by atoms with van der Waals surface area (Å²) in [6, 6.07) is 0. The molecule has 0 radical (unpaired) electrons. The second kappa shape index (κ2) is 7.02. The summed E-state index contributed by atoms with van der Waals surface area (Å²) in [5.41, 5.74) is 2.20. The van der Waals surface area contributed by atoms with E-state index in [1.807, 2.05) is 9.36 Å². The van der Waals surface area contributed by atoms with Crippen LogP contribution in [0, 0.1) is 5.41 Å². The Morgan fingerprint density at radius 3 is 1.81 bits per heavy atom. The first-order chi connectivity index (χ1) is 12.1. The molecule has 0 fully saturated rings. The van der Waals surface area contributed by atoms with Gasteiger partial charge in [0.2, 0.25) is 0 Å². The number of nitrogens with zero attached hydrogens (tertiary/aromatic N) is 6. The molecule has 0 aliphatic heterocycles. The smallest absolute Gasteiger partial charge is 0.0883 e. The lowest BCUT2D eigenvalue weighted by Gasteiger charge is -2.30. The van der Waals surface area contributed by atoms with Crippen LogP contribution in [0.2, 0.25) is 0 Å². The van der Waals surface area contributed by atoms with Crippen LogP contribution in [0.25, 0.3) is 0 Å². The van der Waals surface area contributed by atoms with Crippen LogP contribution in [-0.4, -0.2) is 30.0 Å². The summed E-state index contributed by atoms with van der Waals surface area (Å²) in [5.74, 6) is 0. The highest BCUT2D eigenvalue weighted by Crippen LogP contribution is 2.34. The summed E-state index contributed by atoms with van der Waals surface area (Å²) >= 11 is 0. The van der Waals surface area contributed by atoms with Gasteiger partial charge in [0.1, 0.15) is 0 Å². The molecule has 2 aromatic heterocycles. The molecule has 0 saturated carbocycles. The minimum atomic E-state index is -0.0432. The molecule has 0 aromatic carbocycles. The summed E-state index contributed by atoms with van der Waals surface area (Å²) in [7, 11) is 0. The Labute approximate surface area is 164 Å². The first kappa shape index (κ1) is 21.6. The lowest BCUT2D eigenvalue weighted by molar-refractivity contribution is 0.235. The van der Waals surface area contributed by atoms with Crippen molar-refractivity contribution in [3.63, 3.8) is 0 Å². The normalized spacial score (nSPS) is 14.0. The molecule has 0 bridgehead atoms. The maximum absolute atomic E-state index is 4.45. The molecule has 2 rings (SSSR count). The summed E-state index contributed by atoms with van der Waals surface area (Å²) in [6.45, 7) is 22.9. The van der Waals surface area contributed by atoms with Crippen LogP contribution < -0.4 is 0 Å². The molecule has 0 atom stereocenters. The van der Waals surface area contributed by atoms with Gasteiger partial charge < -0.3 is 0 Å². The molecule has 0 saturated heterocycles. The molecule has 0 unspecified atom stereocenters. The molecule has 0 spiro atoms. The summed E-state index contributed by atoms with van der Waals surface area (Å²) in [6.07, 6.45) is 6.30. The molecule has 2 aromatic rings. The van der Waals surface area contributed by atoms with Crippen molar-refractivity contribution in [2.45, 2.75) is 105 Å². The SMILES string of the molecule is CC(C)(CCC(C)(C)c1cn(C(C)(C)C)nn1)Cn1cc(C(C)(C)C)nn1. The lowest BCUT2D eigenvalue weighted by Crippen LogP contribution is -2.26. The fraction of sp³-hybridized carbons (Fsp3) is 0.810. The topological polar surface area (TPSA) is 61.4 Å². The fourth-order valence-electron chi connectivity index (χ4n) is 2.92. The van der Waals surface area contributed by atoms with Gasteiger partial charge in [0.15, 0.2) is 0 Å². The second-order valence-electron chi connectivity index (χ2n) is 11.3. The Bertz CT molecular complexity index is 752. The van der Waals surface area contributed by atoms with Gasteiger partial charge in [-0.1, -0.05) is 58.9 Å². The van der Waals surface area contributed by atoms with Gasteiger partial charge in [0.05, 0.1) is 16.9 Å². The van der Waals surface area contributed by atoms with Gasteiger partial charge in [-0.15, -0.1) is 10.2 Å². The number of hydrogen-bond acceptors (Lipinski definition) is 4. The Hall–Kier alpha value is -1.72. The van der Waals surface area contributed by atoms with E-state index in [4.69, 9.17) is 0 Å². The molecule has 2 heterocycles. The zero-order valence-electron chi connectivity index (χ0n) is 19.0. The molecule has 27 heavy (non-hydrogen) atoms. The zero-order chi connectivity index (χ0) is 20.7. The van der Waals surface area contributed by atoms with Crippen LogP contribution in [0.3, 0.4) is 0 Å². The van der Waals surface area contributed by atoms with Crippen molar-refractivity contribution in [1.82, 2.24) is 30.0 Å². The molecule has 6 nitrogen and oxygen atoms in total. The highest BCUT2D eigenvalue weighted by atomic mass is 15.4. The molecule has 6 heteroatoms. The van der Waals surface area contributed by atoms with Crippen molar-refractivity contribution in [2.24, 2.45) is 5.41 Å². The van der Waals surface area contributed by atoms with Crippen LogP contribution in [0.5, 0.6) is 0 Å². The van der Waals surface area contributed by atoms with E-state index >= 15 is 0 Å². The predicted octanol–water partition coefficient (Wildman–Crippen LogP) is 4.71. The van der Waals surface area contributed by atoms with Crippen molar-refractivity contribution in [1.29, 1.82) is 0 Å². The largest absolute Gasteiger partial charge is 0.252 e. The van der Waals surface area contributed by atoms with Crippen LogP contribution in [0.1, 0.15) is 93.5 Å². The van der Waals surface area contributed by atoms with Crippen molar-refractivity contribution >= 4 is 0 Å². The Morgan fingerprint density at radius 1 is 0.741 bits per heavy atom. The maximum Gasteiger partial charge on any atom is 0.0883 e. The second-order valence-corrected chi connectivity index (χ2v) is 11.3. The van der Waals surface area contributed by atoms with Gasteiger partial charge in [0.25, 0.3) is 0 Å². The Morgan fingerprint density at radius 2 is 1.33 bits per heavy atom. The van der Waals surface area contributed by atoms with E-state index in [1.165, 1.54) is 0 Å². The Kier molecular flexibility index (Phi) is 5.61. The molecule has 0 N–H and O–H groups in total. The minimum Gasteiger partial charge on any atom is -0.252 e. The molecule has 0 amide bonds. The van der Waals surface area contributed by atoms with Gasteiger partial charge in [-0.2, -0.15) is 0 Å². The molecular formula is C21H38N6. The molecule has 152 valence electrons. The first-order valence-corrected chi connectivity index (χ1v) is 9.94. The van der Waals surface area contributed by atoms with Crippen LogP contribution in [0.4, 0.5) is 0 Å². The number of hydrogen-bond donors (Lipinski definition) is 0. The first-order valence-electron chi connectivity index (χ1n) is 9.94. The van der Waals surface area contributed by atoms with E-state index in [0.717, 1.165) is 30.8 Å². The quantitative estimate of drug-likeness (QED) is 0.735. The third-order valence-electron chi connectivity index (χ3n) is 5.20. The van der Waals surface area contributed by atoms with Crippen molar-refractivity contribution in [3.05, 3.63) is 23.8 Å². The molecule has 0 aliphatic carbocycles. The Balaban J connectivity index is 2.02. The van der Waals surface area contributed by atoms with E-state index in [-0.39, 0.29) is 21.8 Å². The number of rotatable bonds is 6. The van der Waals surface area contributed by atoms with Gasteiger partial charge in [0, 0.05) is 29.8 Å². The van der Waals surface area contributed by atoms with Crippen LogP contribution in [0.15, 0.2) is 12.4 Å². The predicted molar refractivity (Wildman–Crippen MR) is 110 cm³/mol. The lowest BCUT2D eigenvalue weighted by atomic mass is 9.77. The minimum absolute atomic E-state index is 0.0142. The molecular weight excluding hydrogens is 336 g/mol. The van der Waals surface area contributed by atoms with Crippen LogP contribution >= 0.6 is 0 Å². The standard InChI is InChI=1S/C21H38N6/c1-18(2,3)16-13-26(24-22-16)15-20(7,8)11-12-21(9,10)17-14-27(25-23-17)19(4,5)6/h13-14H,11-12,15H2,1-10H3. The summed E-state index contributed by atoms with van der Waals surface area (Å²) in [5, 5.41) is 17.5. The summed E-state index contributed by atoms with van der Waals surface area (Å²) in [4.78, 5) is 0. The van der Waals surface area contributed by atoms with E-state index in [9.17, 15) is 0 Å². The fourth-order valence-corrected chi connectivity index (χ4v) is 2.92. The van der Waals surface area contributed by atoms with Crippen molar-refractivity contribution in [3.8, 4) is 0 Å². The zero-order valence-corrected chi connectivity index (χ0v) is 19.0. The average molecular weight is 375 g/mol. The van der Waals surface area contributed by atoms with Gasteiger partial charge in [-0.25, -0.2) is 4.68 Å². The third kappa shape index (κ3) is 5.63. The van der Waals surface area contributed by atoms with Crippen LogP contribution in [-0.2, 0) is 22.9 Å². The van der Waals surface area contributed by atoms with Crippen molar-refractivity contribution < 1.29 is 0 Å². The van der Waals surface area contributed by atoms with E-state index in [1.54, 1.807) is 0 Å². The van der Waals surface area contributed by atoms with Gasteiger partial charge in [-0.05, 0) is 39.0 Å². The third-order valence-corrected chi connectivity index (χ3v) is 5.20. The average Bonchev–Trinajstić information content (AvgIpc) is 3.12. The maximum atomic E-state index is 4.45. The van der Waals surface area contributed by atoms with Crippen molar-refractivity contribution in [2.75, 3.05) is 0 Å². The monoisotopic (exact) mass is 374 g/mol. The van der Waals surface area contributed by atoms with E-state index in [0.29, 0.717) is 0 Å².